The second-order valence-electron chi connectivity index (χ2n) is 9.35. The molecule has 3 rings (SSSR count). The van der Waals surface area contributed by atoms with Crippen molar-refractivity contribution in [2.75, 3.05) is 20.1 Å². The maximum absolute atomic E-state index is 12.3. The van der Waals surface area contributed by atoms with Gasteiger partial charge in [-0.05, 0) is 51.2 Å². The van der Waals surface area contributed by atoms with E-state index in [0.29, 0.717) is 6.04 Å². The van der Waals surface area contributed by atoms with E-state index >= 15 is 0 Å². The predicted molar refractivity (Wildman–Crippen MR) is 108 cm³/mol. The monoisotopic (exact) mass is 373 g/mol. The van der Waals surface area contributed by atoms with E-state index in [-0.39, 0.29) is 18.2 Å². The van der Waals surface area contributed by atoms with Crippen molar-refractivity contribution in [3.05, 3.63) is 35.4 Å². The number of nitrogens with two attached hydrogens (primary N) is 1. The van der Waals surface area contributed by atoms with Gasteiger partial charge in [-0.1, -0.05) is 37.1 Å². The first kappa shape index (κ1) is 20.2. The van der Waals surface area contributed by atoms with Crippen LogP contribution in [0.2, 0.25) is 0 Å². The van der Waals surface area contributed by atoms with Gasteiger partial charge in [0.1, 0.15) is 5.60 Å². The summed E-state index contributed by atoms with van der Waals surface area (Å²) in [5.41, 5.74) is 8.08. The van der Waals surface area contributed by atoms with Gasteiger partial charge in [0.25, 0.3) is 0 Å². The summed E-state index contributed by atoms with van der Waals surface area (Å²) in [6.45, 7) is 9.55. The second-order valence-corrected chi connectivity index (χ2v) is 9.35. The fourth-order valence-corrected chi connectivity index (χ4v) is 3.66. The minimum atomic E-state index is -0.453. The number of ether oxygens (including phenoxy) is 1. The molecule has 0 bridgehead atoms. The van der Waals surface area contributed by atoms with Crippen LogP contribution in [0, 0.1) is 5.92 Å². The molecule has 1 aromatic carbocycles. The number of amides is 1. The van der Waals surface area contributed by atoms with Gasteiger partial charge in [-0.2, -0.15) is 0 Å². The Kier molecular flexibility index (Phi) is 5.82. The van der Waals surface area contributed by atoms with E-state index in [1.807, 2.05) is 34.7 Å². The molecule has 1 aliphatic carbocycles. The van der Waals surface area contributed by atoms with Crippen LogP contribution >= 0.6 is 0 Å². The summed E-state index contributed by atoms with van der Waals surface area (Å²) in [6, 6.07) is 9.51. The molecular weight excluding hydrogens is 338 g/mol. The van der Waals surface area contributed by atoms with Gasteiger partial charge >= 0.3 is 6.09 Å². The van der Waals surface area contributed by atoms with Crippen molar-refractivity contribution in [3.63, 3.8) is 0 Å². The molecule has 0 radical (unpaired) electrons. The maximum atomic E-state index is 12.3. The number of likely N-dealkylation sites (tertiary alicyclic amines) is 1. The van der Waals surface area contributed by atoms with Crippen LogP contribution in [0.15, 0.2) is 24.3 Å². The first-order valence-electron chi connectivity index (χ1n) is 10.2. The van der Waals surface area contributed by atoms with Gasteiger partial charge in [-0.25, -0.2) is 4.79 Å². The van der Waals surface area contributed by atoms with E-state index in [4.69, 9.17) is 10.5 Å². The van der Waals surface area contributed by atoms with E-state index in [9.17, 15) is 4.79 Å². The van der Waals surface area contributed by atoms with Crippen molar-refractivity contribution < 1.29 is 9.53 Å². The number of rotatable bonds is 6. The zero-order chi connectivity index (χ0) is 19.8. The normalized spacial score (nSPS) is 20.7. The Balaban J connectivity index is 1.61. The maximum Gasteiger partial charge on any atom is 0.410 e. The molecule has 2 fully saturated rings. The quantitative estimate of drug-likeness (QED) is 0.816. The van der Waals surface area contributed by atoms with Crippen molar-refractivity contribution in [1.29, 1.82) is 0 Å². The number of hydrogen-bond acceptors (Lipinski definition) is 4. The van der Waals surface area contributed by atoms with Gasteiger partial charge in [0.05, 0.1) is 6.04 Å². The number of nitrogens with zero attached hydrogens (tertiary/aromatic N) is 2. The first-order valence-corrected chi connectivity index (χ1v) is 10.2. The zero-order valence-corrected chi connectivity index (χ0v) is 17.4. The van der Waals surface area contributed by atoms with Crippen LogP contribution in [0.1, 0.15) is 70.2 Å². The third-order valence-electron chi connectivity index (χ3n) is 5.66. The second kappa shape index (κ2) is 7.80. The van der Waals surface area contributed by atoms with E-state index in [2.05, 4.69) is 29.2 Å². The third-order valence-corrected chi connectivity index (χ3v) is 5.66. The van der Waals surface area contributed by atoms with Gasteiger partial charge < -0.3 is 15.4 Å². The summed E-state index contributed by atoms with van der Waals surface area (Å²) >= 11 is 0. The highest BCUT2D eigenvalue weighted by Gasteiger charge is 2.40. The Morgan fingerprint density at radius 2 is 1.78 bits per heavy atom. The summed E-state index contributed by atoms with van der Waals surface area (Å²) in [5.74, 6) is 0.853. The fraction of sp³-hybridized carbons (Fsp3) is 0.682. The fourth-order valence-electron chi connectivity index (χ4n) is 3.66. The van der Waals surface area contributed by atoms with Gasteiger partial charge in [0.2, 0.25) is 0 Å². The first-order chi connectivity index (χ1) is 12.6. The molecule has 2 atom stereocenters. The topological polar surface area (TPSA) is 58.8 Å². The van der Waals surface area contributed by atoms with Crippen LogP contribution in [0.3, 0.4) is 0 Å². The minimum Gasteiger partial charge on any atom is -0.444 e. The van der Waals surface area contributed by atoms with Crippen molar-refractivity contribution in [2.45, 2.75) is 70.7 Å². The van der Waals surface area contributed by atoms with E-state index < -0.39 is 5.60 Å². The molecule has 1 saturated carbocycles. The SMILES string of the molecule is C[C@H](N)c1ccc(C(CC2CC2)N2CC(N(C)C(=O)OC(C)(C)C)C2)cc1. The average Bonchev–Trinajstić information content (AvgIpc) is 3.35. The highest BCUT2D eigenvalue weighted by Crippen LogP contribution is 2.42. The predicted octanol–water partition coefficient (Wildman–Crippen LogP) is 4.10. The smallest absolute Gasteiger partial charge is 0.410 e. The summed E-state index contributed by atoms with van der Waals surface area (Å²) in [7, 11) is 1.85. The molecule has 2 aliphatic rings. The molecule has 5 nitrogen and oxygen atoms in total. The molecule has 0 spiro atoms. The zero-order valence-electron chi connectivity index (χ0n) is 17.4. The van der Waals surface area contributed by atoms with Gasteiger partial charge in [0.15, 0.2) is 0 Å². The molecule has 5 heteroatoms. The van der Waals surface area contributed by atoms with Crippen molar-refractivity contribution in [1.82, 2.24) is 9.80 Å². The highest BCUT2D eigenvalue weighted by atomic mass is 16.6. The Hall–Kier alpha value is -1.59. The molecule has 1 saturated heterocycles. The Labute approximate surface area is 163 Å². The van der Waals surface area contributed by atoms with Crippen LogP contribution in [0.4, 0.5) is 4.79 Å². The molecule has 150 valence electrons. The molecule has 27 heavy (non-hydrogen) atoms. The lowest BCUT2D eigenvalue weighted by molar-refractivity contribution is -0.0178. The highest BCUT2D eigenvalue weighted by molar-refractivity contribution is 5.68. The standard InChI is InChI=1S/C22H35N3O2/c1-15(23)17-8-10-18(11-9-17)20(12-16-6-7-16)25-13-19(14-25)24(5)21(26)27-22(2,3)4/h8-11,15-16,19-20H,6-7,12-14,23H2,1-5H3/t15-,20?/m0/s1. The molecule has 0 aromatic heterocycles. The van der Waals surface area contributed by atoms with Crippen molar-refractivity contribution in [2.24, 2.45) is 11.7 Å². The summed E-state index contributed by atoms with van der Waals surface area (Å²) in [4.78, 5) is 16.6. The largest absolute Gasteiger partial charge is 0.444 e. The van der Waals surface area contributed by atoms with Gasteiger partial charge in [0, 0.05) is 32.2 Å². The molecule has 1 aliphatic heterocycles. The number of benzene rings is 1. The summed E-state index contributed by atoms with van der Waals surface area (Å²) in [5, 5.41) is 0. The third kappa shape index (κ3) is 5.23. The van der Waals surface area contributed by atoms with Crippen LogP contribution < -0.4 is 5.73 Å². The Morgan fingerprint density at radius 1 is 1.22 bits per heavy atom. The van der Waals surface area contributed by atoms with Crippen molar-refractivity contribution in [3.8, 4) is 0 Å². The molecule has 2 N–H and O–H groups in total. The van der Waals surface area contributed by atoms with Crippen LogP contribution in [0.25, 0.3) is 0 Å². The molecule has 1 unspecified atom stereocenters. The van der Waals surface area contributed by atoms with Crippen LogP contribution in [0.5, 0.6) is 0 Å². The van der Waals surface area contributed by atoms with E-state index in [1.165, 1.54) is 30.4 Å². The molecule has 1 amide bonds. The van der Waals surface area contributed by atoms with Crippen LogP contribution in [-0.2, 0) is 4.74 Å². The molecule has 1 aromatic rings. The molecular formula is C22H35N3O2. The Morgan fingerprint density at radius 3 is 2.26 bits per heavy atom. The number of hydrogen-bond donors (Lipinski definition) is 1. The molecule has 1 heterocycles. The summed E-state index contributed by atoms with van der Waals surface area (Å²) < 4.78 is 5.50. The van der Waals surface area contributed by atoms with Crippen LogP contribution in [-0.4, -0.2) is 47.7 Å². The number of carbonyl (C=O) groups is 1. The average molecular weight is 374 g/mol. The lowest BCUT2D eigenvalue weighted by Crippen LogP contribution is -2.60. The van der Waals surface area contributed by atoms with E-state index in [0.717, 1.165) is 19.0 Å². The summed E-state index contributed by atoms with van der Waals surface area (Å²) in [6.07, 6.45) is 3.68. The number of carbonyl (C=O) groups excluding carboxylic acids is 1. The van der Waals surface area contributed by atoms with E-state index in [1.54, 1.807) is 4.90 Å². The Bertz CT molecular complexity index is 641. The van der Waals surface area contributed by atoms with Gasteiger partial charge in [-0.15, -0.1) is 0 Å². The lowest BCUT2D eigenvalue weighted by Gasteiger charge is -2.48. The minimum absolute atomic E-state index is 0.0665. The lowest BCUT2D eigenvalue weighted by atomic mass is 9.93. The van der Waals surface area contributed by atoms with Gasteiger partial charge in [-0.3, -0.25) is 4.90 Å². The number of likely N-dealkylation sites (N-methyl/N-ethyl adjacent to an activating group) is 1. The van der Waals surface area contributed by atoms with Crippen molar-refractivity contribution >= 4 is 6.09 Å².